The molecule has 98 valence electrons. The molecular formula is C14H16Br2O2. The summed E-state index contributed by atoms with van der Waals surface area (Å²) >= 11 is 6.93. The molecule has 2 rings (SSSR count). The van der Waals surface area contributed by atoms with Crippen molar-refractivity contribution in [2.24, 2.45) is 5.92 Å². The summed E-state index contributed by atoms with van der Waals surface area (Å²) in [5.41, 5.74) is 0.637. The number of benzene rings is 1. The molecule has 1 saturated carbocycles. The van der Waals surface area contributed by atoms with Gasteiger partial charge in [-0.1, -0.05) is 6.92 Å². The van der Waals surface area contributed by atoms with Crippen LogP contribution in [-0.2, 0) is 0 Å². The van der Waals surface area contributed by atoms with Gasteiger partial charge < -0.3 is 4.74 Å². The predicted octanol–water partition coefficient (Wildman–Crippen LogP) is 4.98. The van der Waals surface area contributed by atoms with Gasteiger partial charge in [0.2, 0.25) is 0 Å². The Hall–Kier alpha value is -0.350. The summed E-state index contributed by atoms with van der Waals surface area (Å²) in [5, 5.41) is 0. The largest absolute Gasteiger partial charge is 0.488 e. The van der Waals surface area contributed by atoms with Crippen LogP contribution in [0.2, 0.25) is 0 Å². The van der Waals surface area contributed by atoms with Gasteiger partial charge in [0.25, 0.3) is 0 Å². The van der Waals surface area contributed by atoms with Gasteiger partial charge in [0.1, 0.15) is 12.0 Å². The third-order valence-electron chi connectivity index (χ3n) is 3.40. The second-order valence-electron chi connectivity index (χ2n) is 4.93. The molecule has 0 bridgehead atoms. The van der Waals surface area contributed by atoms with E-state index in [0.29, 0.717) is 5.56 Å². The zero-order valence-electron chi connectivity index (χ0n) is 10.3. The maximum absolute atomic E-state index is 10.8. The highest BCUT2D eigenvalue weighted by molar-refractivity contribution is 9.11. The Balaban J connectivity index is 2.11. The molecule has 18 heavy (non-hydrogen) atoms. The summed E-state index contributed by atoms with van der Waals surface area (Å²) in [6.07, 6.45) is 5.79. The van der Waals surface area contributed by atoms with E-state index >= 15 is 0 Å². The first-order chi connectivity index (χ1) is 8.60. The maximum atomic E-state index is 10.8. The summed E-state index contributed by atoms with van der Waals surface area (Å²) < 4.78 is 7.72. The summed E-state index contributed by atoms with van der Waals surface area (Å²) in [6.45, 7) is 2.29. The van der Waals surface area contributed by atoms with E-state index < -0.39 is 0 Å². The standard InChI is InChI=1S/C14H16Br2O2/c1-9-2-4-11(5-3-9)18-14-12(15)6-10(8-17)7-13(14)16/h6-9,11H,2-5H2,1H3. The Morgan fingerprint density at radius 3 is 2.22 bits per heavy atom. The molecule has 1 aliphatic rings. The number of carbonyl (C=O) groups excluding carboxylic acids is 1. The van der Waals surface area contributed by atoms with E-state index in [1.54, 1.807) is 12.1 Å². The molecule has 0 unspecified atom stereocenters. The van der Waals surface area contributed by atoms with Gasteiger partial charge in [-0.05, 0) is 75.6 Å². The molecule has 1 fully saturated rings. The van der Waals surface area contributed by atoms with Crippen molar-refractivity contribution in [3.63, 3.8) is 0 Å². The van der Waals surface area contributed by atoms with Crippen LogP contribution in [0.3, 0.4) is 0 Å². The summed E-state index contributed by atoms with van der Waals surface area (Å²) in [5.74, 6) is 1.62. The van der Waals surface area contributed by atoms with Crippen LogP contribution in [0, 0.1) is 5.92 Å². The fourth-order valence-electron chi connectivity index (χ4n) is 2.27. The van der Waals surface area contributed by atoms with Gasteiger partial charge in [0, 0.05) is 5.56 Å². The first kappa shape index (κ1) is 14.1. The third-order valence-corrected chi connectivity index (χ3v) is 4.58. The molecule has 1 aliphatic carbocycles. The van der Waals surface area contributed by atoms with Crippen molar-refractivity contribution >= 4 is 38.1 Å². The molecule has 0 heterocycles. The van der Waals surface area contributed by atoms with E-state index in [4.69, 9.17) is 4.74 Å². The number of hydrogen-bond donors (Lipinski definition) is 0. The van der Waals surface area contributed by atoms with Crippen molar-refractivity contribution in [1.82, 2.24) is 0 Å². The first-order valence-electron chi connectivity index (χ1n) is 6.21. The van der Waals surface area contributed by atoms with Crippen molar-refractivity contribution in [3.05, 3.63) is 26.6 Å². The fourth-order valence-corrected chi connectivity index (χ4v) is 3.68. The van der Waals surface area contributed by atoms with Crippen molar-refractivity contribution in [3.8, 4) is 5.75 Å². The first-order valence-corrected chi connectivity index (χ1v) is 7.79. The monoisotopic (exact) mass is 374 g/mol. The lowest BCUT2D eigenvalue weighted by Gasteiger charge is -2.27. The van der Waals surface area contributed by atoms with Crippen LogP contribution >= 0.6 is 31.9 Å². The Morgan fingerprint density at radius 1 is 1.17 bits per heavy atom. The highest BCUT2D eigenvalue weighted by atomic mass is 79.9. The normalized spacial score (nSPS) is 23.7. The molecule has 0 aromatic heterocycles. The Kier molecular flexibility index (Phi) is 4.84. The molecule has 0 aliphatic heterocycles. The van der Waals surface area contributed by atoms with Gasteiger partial charge >= 0.3 is 0 Å². The second-order valence-corrected chi connectivity index (χ2v) is 6.64. The van der Waals surface area contributed by atoms with Crippen molar-refractivity contribution in [2.45, 2.75) is 38.7 Å². The summed E-state index contributed by atoms with van der Waals surface area (Å²) in [7, 11) is 0. The minimum absolute atomic E-state index is 0.288. The minimum atomic E-state index is 0.288. The molecule has 1 aromatic rings. The van der Waals surface area contributed by atoms with E-state index in [-0.39, 0.29) is 6.10 Å². The van der Waals surface area contributed by atoms with E-state index in [1.165, 1.54) is 12.8 Å². The van der Waals surface area contributed by atoms with E-state index in [1.807, 2.05) is 0 Å². The number of halogens is 2. The topological polar surface area (TPSA) is 26.3 Å². The van der Waals surface area contributed by atoms with Crippen LogP contribution in [0.15, 0.2) is 21.1 Å². The Labute approximate surface area is 124 Å². The van der Waals surface area contributed by atoms with Gasteiger partial charge in [0.15, 0.2) is 0 Å². The van der Waals surface area contributed by atoms with Gasteiger partial charge in [0.05, 0.1) is 15.0 Å². The average molecular weight is 376 g/mol. The summed E-state index contributed by atoms with van der Waals surface area (Å²) in [6, 6.07) is 3.58. The predicted molar refractivity (Wildman–Crippen MR) is 79.3 cm³/mol. The molecule has 0 N–H and O–H groups in total. The van der Waals surface area contributed by atoms with Gasteiger partial charge in [-0.25, -0.2) is 0 Å². The van der Waals surface area contributed by atoms with Gasteiger partial charge in [-0.2, -0.15) is 0 Å². The third kappa shape index (κ3) is 3.35. The SMILES string of the molecule is CC1CCC(Oc2c(Br)cc(C=O)cc2Br)CC1. The number of hydrogen-bond acceptors (Lipinski definition) is 2. The zero-order chi connectivity index (χ0) is 13.1. The van der Waals surface area contributed by atoms with Gasteiger partial charge in [-0.15, -0.1) is 0 Å². The summed E-state index contributed by atoms with van der Waals surface area (Å²) in [4.78, 5) is 10.8. The molecule has 0 spiro atoms. The van der Waals surface area contributed by atoms with E-state index in [2.05, 4.69) is 38.8 Å². The van der Waals surface area contributed by atoms with Crippen LogP contribution in [0.4, 0.5) is 0 Å². The molecule has 0 amide bonds. The number of aldehydes is 1. The van der Waals surface area contributed by atoms with Crippen molar-refractivity contribution in [2.75, 3.05) is 0 Å². The number of rotatable bonds is 3. The second kappa shape index (κ2) is 6.20. The molecular weight excluding hydrogens is 360 g/mol. The quantitative estimate of drug-likeness (QED) is 0.696. The fraction of sp³-hybridized carbons (Fsp3) is 0.500. The molecule has 1 aromatic carbocycles. The number of ether oxygens (including phenoxy) is 1. The molecule has 0 saturated heterocycles. The highest BCUT2D eigenvalue weighted by Gasteiger charge is 2.21. The van der Waals surface area contributed by atoms with Crippen molar-refractivity contribution < 1.29 is 9.53 Å². The maximum Gasteiger partial charge on any atom is 0.150 e. The lowest BCUT2D eigenvalue weighted by molar-refractivity contribution is 0.112. The van der Waals surface area contributed by atoms with E-state index in [9.17, 15) is 4.79 Å². The van der Waals surface area contributed by atoms with Crippen LogP contribution in [0.1, 0.15) is 43.0 Å². The van der Waals surface area contributed by atoms with Gasteiger partial charge in [-0.3, -0.25) is 4.79 Å². The highest BCUT2D eigenvalue weighted by Crippen LogP contribution is 2.37. The average Bonchev–Trinajstić information content (AvgIpc) is 2.35. The number of carbonyl (C=O) groups is 1. The van der Waals surface area contributed by atoms with Crippen LogP contribution < -0.4 is 4.74 Å². The van der Waals surface area contributed by atoms with Crippen LogP contribution in [0.25, 0.3) is 0 Å². The molecule has 0 radical (unpaired) electrons. The Morgan fingerprint density at radius 2 is 1.72 bits per heavy atom. The van der Waals surface area contributed by atoms with Crippen LogP contribution in [0.5, 0.6) is 5.75 Å². The molecule has 2 nitrogen and oxygen atoms in total. The minimum Gasteiger partial charge on any atom is -0.488 e. The lowest BCUT2D eigenvalue weighted by Crippen LogP contribution is -2.23. The van der Waals surface area contributed by atoms with Crippen LogP contribution in [-0.4, -0.2) is 12.4 Å². The smallest absolute Gasteiger partial charge is 0.150 e. The van der Waals surface area contributed by atoms with Crippen molar-refractivity contribution in [1.29, 1.82) is 0 Å². The Bertz CT molecular complexity index is 414. The zero-order valence-corrected chi connectivity index (χ0v) is 13.5. The van der Waals surface area contributed by atoms with E-state index in [0.717, 1.165) is 39.7 Å². The molecule has 4 heteroatoms. The molecule has 0 atom stereocenters. The lowest BCUT2D eigenvalue weighted by atomic mass is 9.89.